The van der Waals surface area contributed by atoms with Gasteiger partial charge in [-0.3, -0.25) is 9.59 Å². The van der Waals surface area contributed by atoms with Gasteiger partial charge in [-0.2, -0.15) is 0 Å². The third-order valence-electron chi connectivity index (χ3n) is 3.64. The molecule has 2 rings (SSSR count). The van der Waals surface area contributed by atoms with Crippen LogP contribution in [0, 0.1) is 0 Å². The second-order valence-corrected chi connectivity index (χ2v) is 5.72. The Kier molecular flexibility index (Phi) is 3.71. The molecule has 1 aliphatic heterocycles. The van der Waals surface area contributed by atoms with E-state index in [9.17, 15) is 9.59 Å². The Bertz CT molecular complexity index is 444. The average molecular weight is 266 g/mol. The van der Waals surface area contributed by atoms with E-state index >= 15 is 0 Å². The minimum atomic E-state index is -0.702. The minimum Gasteiger partial charge on any atom is -0.345 e. The average Bonchev–Trinajstić information content (AvgIpc) is 2.87. The molecule has 18 heavy (non-hydrogen) atoms. The van der Waals surface area contributed by atoms with E-state index in [0.717, 1.165) is 6.42 Å². The van der Waals surface area contributed by atoms with Gasteiger partial charge in [-0.15, -0.1) is 11.3 Å². The van der Waals surface area contributed by atoms with Crippen molar-refractivity contribution in [1.29, 1.82) is 0 Å². The highest BCUT2D eigenvalue weighted by atomic mass is 32.1. The molecule has 1 fully saturated rings. The lowest BCUT2D eigenvalue weighted by Crippen LogP contribution is -2.65. The molecular formula is C13H18N2O2S. The molecule has 0 radical (unpaired) electrons. The van der Waals surface area contributed by atoms with E-state index in [4.69, 9.17) is 0 Å². The van der Waals surface area contributed by atoms with Gasteiger partial charge in [-0.25, -0.2) is 0 Å². The largest absolute Gasteiger partial charge is 0.345 e. The molecule has 98 valence electrons. The molecule has 0 bridgehead atoms. The second-order valence-electron chi connectivity index (χ2n) is 4.68. The van der Waals surface area contributed by atoms with Gasteiger partial charge in [0, 0.05) is 11.4 Å². The van der Waals surface area contributed by atoms with Gasteiger partial charge in [0.15, 0.2) is 0 Å². The zero-order chi connectivity index (χ0) is 13.2. The van der Waals surface area contributed by atoms with Crippen molar-refractivity contribution < 1.29 is 9.59 Å². The first-order valence-corrected chi connectivity index (χ1v) is 7.07. The SMILES string of the molecule is CCC1(C)C(=O)NCC(=O)N1CCc1cccs1. The number of rotatable bonds is 4. The molecule has 1 aliphatic rings. The molecule has 4 nitrogen and oxygen atoms in total. The first-order valence-electron chi connectivity index (χ1n) is 6.19. The molecule has 0 aromatic carbocycles. The maximum Gasteiger partial charge on any atom is 0.246 e. The van der Waals surface area contributed by atoms with Gasteiger partial charge >= 0.3 is 0 Å². The maximum atomic E-state index is 12.0. The lowest BCUT2D eigenvalue weighted by Gasteiger charge is -2.43. The van der Waals surface area contributed by atoms with Gasteiger partial charge in [-0.05, 0) is 31.2 Å². The smallest absolute Gasteiger partial charge is 0.246 e. The number of nitrogens with zero attached hydrogens (tertiary/aromatic N) is 1. The van der Waals surface area contributed by atoms with Crippen LogP contribution in [0.2, 0.25) is 0 Å². The van der Waals surface area contributed by atoms with Crippen LogP contribution in [0.5, 0.6) is 0 Å². The Morgan fingerprint density at radius 2 is 2.28 bits per heavy atom. The van der Waals surface area contributed by atoms with Crippen molar-refractivity contribution in [2.75, 3.05) is 13.1 Å². The topological polar surface area (TPSA) is 49.4 Å². The van der Waals surface area contributed by atoms with Crippen LogP contribution in [-0.2, 0) is 16.0 Å². The summed E-state index contributed by atoms with van der Waals surface area (Å²) in [5, 5.41) is 4.70. The standard InChI is InChI=1S/C13H18N2O2S/c1-3-13(2)12(17)14-9-11(16)15(13)7-6-10-5-4-8-18-10/h4-5,8H,3,6-7,9H2,1-2H3,(H,14,17). The van der Waals surface area contributed by atoms with Gasteiger partial charge in [0.2, 0.25) is 11.8 Å². The number of carbonyl (C=O) groups excluding carboxylic acids is 2. The first-order chi connectivity index (χ1) is 8.58. The third kappa shape index (κ3) is 2.27. The van der Waals surface area contributed by atoms with E-state index in [1.165, 1.54) is 4.88 Å². The molecule has 1 saturated heterocycles. The van der Waals surface area contributed by atoms with Crippen molar-refractivity contribution in [3.8, 4) is 0 Å². The number of carbonyl (C=O) groups is 2. The highest BCUT2D eigenvalue weighted by molar-refractivity contribution is 7.09. The summed E-state index contributed by atoms with van der Waals surface area (Å²) in [6.07, 6.45) is 1.45. The van der Waals surface area contributed by atoms with Crippen LogP contribution in [-0.4, -0.2) is 35.3 Å². The summed E-state index contributed by atoms with van der Waals surface area (Å²) in [6, 6.07) is 4.06. The van der Waals surface area contributed by atoms with Crippen molar-refractivity contribution in [3.05, 3.63) is 22.4 Å². The fourth-order valence-corrected chi connectivity index (χ4v) is 2.94. The first kappa shape index (κ1) is 13.1. The zero-order valence-corrected chi connectivity index (χ0v) is 11.5. The predicted octanol–water partition coefficient (Wildman–Crippen LogP) is 1.42. The Morgan fingerprint density at radius 3 is 2.89 bits per heavy atom. The van der Waals surface area contributed by atoms with Crippen molar-refractivity contribution in [2.24, 2.45) is 0 Å². The van der Waals surface area contributed by atoms with Crippen LogP contribution in [0.3, 0.4) is 0 Å². The third-order valence-corrected chi connectivity index (χ3v) is 4.57. The summed E-state index contributed by atoms with van der Waals surface area (Å²) in [6.45, 7) is 4.51. The van der Waals surface area contributed by atoms with Crippen molar-refractivity contribution in [2.45, 2.75) is 32.2 Å². The van der Waals surface area contributed by atoms with Crippen LogP contribution in [0.15, 0.2) is 17.5 Å². The summed E-state index contributed by atoms with van der Waals surface area (Å²) < 4.78 is 0. The molecular weight excluding hydrogens is 248 g/mol. The number of amides is 2. The molecule has 0 saturated carbocycles. The number of hydrogen-bond donors (Lipinski definition) is 1. The Labute approximate surface area is 111 Å². The Morgan fingerprint density at radius 1 is 1.50 bits per heavy atom. The van der Waals surface area contributed by atoms with E-state index in [1.807, 2.05) is 25.3 Å². The van der Waals surface area contributed by atoms with Gasteiger partial charge in [0.25, 0.3) is 0 Å². The van der Waals surface area contributed by atoms with Crippen LogP contribution in [0.4, 0.5) is 0 Å². The van der Waals surface area contributed by atoms with Crippen molar-refractivity contribution in [3.63, 3.8) is 0 Å². The van der Waals surface area contributed by atoms with Crippen LogP contribution < -0.4 is 5.32 Å². The highest BCUT2D eigenvalue weighted by Gasteiger charge is 2.43. The maximum absolute atomic E-state index is 12.0. The molecule has 1 aromatic heterocycles. The van der Waals surface area contributed by atoms with E-state index in [2.05, 4.69) is 11.4 Å². The van der Waals surface area contributed by atoms with Gasteiger partial charge in [0.1, 0.15) is 5.54 Å². The lowest BCUT2D eigenvalue weighted by atomic mass is 9.92. The van der Waals surface area contributed by atoms with Crippen molar-refractivity contribution >= 4 is 23.2 Å². The van der Waals surface area contributed by atoms with Crippen molar-refractivity contribution in [1.82, 2.24) is 10.2 Å². The van der Waals surface area contributed by atoms with E-state index < -0.39 is 5.54 Å². The van der Waals surface area contributed by atoms with Crippen LogP contribution in [0.25, 0.3) is 0 Å². The normalized spacial score (nSPS) is 24.2. The highest BCUT2D eigenvalue weighted by Crippen LogP contribution is 2.23. The lowest BCUT2D eigenvalue weighted by molar-refractivity contribution is -0.152. The van der Waals surface area contributed by atoms with E-state index in [-0.39, 0.29) is 18.4 Å². The van der Waals surface area contributed by atoms with Gasteiger partial charge < -0.3 is 10.2 Å². The molecule has 5 heteroatoms. The summed E-state index contributed by atoms with van der Waals surface area (Å²) in [5.41, 5.74) is -0.702. The Balaban J connectivity index is 2.11. The van der Waals surface area contributed by atoms with Gasteiger partial charge in [0.05, 0.1) is 6.54 Å². The fraction of sp³-hybridized carbons (Fsp3) is 0.538. The number of piperazine rings is 1. The van der Waals surface area contributed by atoms with Gasteiger partial charge in [-0.1, -0.05) is 13.0 Å². The van der Waals surface area contributed by atoms with Crippen LogP contribution >= 0.6 is 11.3 Å². The number of hydrogen-bond acceptors (Lipinski definition) is 3. The Hall–Kier alpha value is -1.36. The minimum absolute atomic E-state index is 0.00973. The summed E-state index contributed by atoms with van der Waals surface area (Å²) >= 11 is 1.68. The second kappa shape index (κ2) is 5.10. The van der Waals surface area contributed by atoms with E-state index in [1.54, 1.807) is 16.2 Å². The molecule has 1 unspecified atom stereocenters. The van der Waals surface area contributed by atoms with E-state index in [0.29, 0.717) is 13.0 Å². The molecule has 2 heterocycles. The molecule has 0 spiro atoms. The molecule has 1 aromatic rings. The zero-order valence-electron chi connectivity index (χ0n) is 10.7. The molecule has 1 N–H and O–H groups in total. The number of nitrogens with one attached hydrogen (secondary N) is 1. The predicted molar refractivity (Wildman–Crippen MR) is 71.4 cm³/mol. The summed E-state index contributed by atoms with van der Waals surface area (Å²) in [5.74, 6) is -0.0358. The number of thiophene rings is 1. The summed E-state index contributed by atoms with van der Waals surface area (Å²) in [4.78, 5) is 26.9. The fourth-order valence-electron chi connectivity index (χ4n) is 2.24. The molecule has 0 aliphatic carbocycles. The quantitative estimate of drug-likeness (QED) is 0.896. The monoisotopic (exact) mass is 266 g/mol. The molecule has 2 amide bonds. The van der Waals surface area contributed by atoms with Crippen LogP contribution in [0.1, 0.15) is 25.1 Å². The summed E-state index contributed by atoms with van der Waals surface area (Å²) in [7, 11) is 0. The molecule has 1 atom stereocenters.